The molecule has 0 fully saturated rings. The SMILES string of the molecule is Cc1ccc(C(C)Nc2ccc3nccnc3c2)c(O)c1. The van der Waals surface area contributed by atoms with E-state index in [1.54, 1.807) is 18.5 Å². The molecule has 4 nitrogen and oxygen atoms in total. The molecule has 0 aliphatic rings. The molecule has 2 N–H and O–H groups in total. The van der Waals surface area contributed by atoms with Crippen molar-refractivity contribution in [3.63, 3.8) is 0 Å². The number of nitrogens with one attached hydrogen (secondary N) is 1. The predicted octanol–water partition coefficient (Wildman–Crippen LogP) is 3.82. The topological polar surface area (TPSA) is 58.0 Å². The number of aromatic nitrogens is 2. The number of fused-ring (bicyclic) bond motifs is 1. The van der Waals surface area contributed by atoms with Crippen LogP contribution in [0.4, 0.5) is 5.69 Å². The lowest BCUT2D eigenvalue weighted by Gasteiger charge is -2.17. The van der Waals surface area contributed by atoms with E-state index in [0.717, 1.165) is 27.8 Å². The van der Waals surface area contributed by atoms with Crippen LogP contribution in [0.3, 0.4) is 0 Å². The number of aryl methyl sites for hydroxylation is 1. The lowest BCUT2D eigenvalue weighted by atomic mass is 10.0. The highest BCUT2D eigenvalue weighted by molar-refractivity contribution is 5.78. The molecule has 0 amide bonds. The van der Waals surface area contributed by atoms with Crippen LogP contribution in [-0.2, 0) is 0 Å². The van der Waals surface area contributed by atoms with Crippen LogP contribution in [0.5, 0.6) is 5.75 Å². The summed E-state index contributed by atoms with van der Waals surface area (Å²) in [6, 6.07) is 11.6. The van der Waals surface area contributed by atoms with Crippen molar-refractivity contribution in [1.82, 2.24) is 9.97 Å². The van der Waals surface area contributed by atoms with Gasteiger partial charge in [0.1, 0.15) is 5.75 Å². The zero-order chi connectivity index (χ0) is 14.8. The van der Waals surface area contributed by atoms with Gasteiger partial charge in [-0.2, -0.15) is 0 Å². The average Bonchev–Trinajstić information content (AvgIpc) is 2.47. The minimum Gasteiger partial charge on any atom is -0.508 e. The molecule has 4 heteroatoms. The van der Waals surface area contributed by atoms with E-state index >= 15 is 0 Å². The van der Waals surface area contributed by atoms with Crippen LogP contribution in [0.25, 0.3) is 11.0 Å². The molecule has 2 aromatic carbocycles. The maximum absolute atomic E-state index is 10.0. The first-order chi connectivity index (χ1) is 10.1. The van der Waals surface area contributed by atoms with E-state index in [9.17, 15) is 5.11 Å². The molecule has 1 atom stereocenters. The third kappa shape index (κ3) is 2.79. The number of phenolic OH excluding ortho intramolecular Hbond substituents is 1. The van der Waals surface area contributed by atoms with Gasteiger partial charge in [-0.3, -0.25) is 9.97 Å². The van der Waals surface area contributed by atoms with Crippen molar-refractivity contribution in [1.29, 1.82) is 0 Å². The van der Waals surface area contributed by atoms with Gasteiger partial charge in [0.15, 0.2) is 0 Å². The Morgan fingerprint density at radius 3 is 2.52 bits per heavy atom. The Balaban J connectivity index is 1.87. The van der Waals surface area contributed by atoms with E-state index in [1.165, 1.54) is 0 Å². The number of anilines is 1. The lowest BCUT2D eigenvalue weighted by molar-refractivity contribution is 0.465. The number of hydrogen-bond acceptors (Lipinski definition) is 4. The van der Waals surface area contributed by atoms with Crippen molar-refractivity contribution in [3.05, 3.63) is 59.9 Å². The van der Waals surface area contributed by atoms with Gasteiger partial charge in [0.2, 0.25) is 0 Å². The van der Waals surface area contributed by atoms with Gasteiger partial charge in [-0.05, 0) is 43.7 Å². The van der Waals surface area contributed by atoms with Crippen LogP contribution in [0, 0.1) is 6.92 Å². The largest absolute Gasteiger partial charge is 0.508 e. The van der Waals surface area contributed by atoms with Crippen molar-refractivity contribution in [2.75, 3.05) is 5.32 Å². The van der Waals surface area contributed by atoms with Crippen molar-refractivity contribution >= 4 is 16.7 Å². The first-order valence-electron chi connectivity index (χ1n) is 6.90. The van der Waals surface area contributed by atoms with Gasteiger partial charge < -0.3 is 10.4 Å². The number of nitrogens with zero attached hydrogens (tertiary/aromatic N) is 2. The smallest absolute Gasteiger partial charge is 0.121 e. The Bertz CT molecular complexity index is 786. The highest BCUT2D eigenvalue weighted by Gasteiger charge is 2.10. The summed E-state index contributed by atoms with van der Waals surface area (Å²) in [4.78, 5) is 8.55. The Morgan fingerprint density at radius 1 is 1.00 bits per heavy atom. The number of phenols is 1. The van der Waals surface area contributed by atoms with Gasteiger partial charge in [-0.1, -0.05) is 12.1 Å². The monoisotopic (exact) mass is 279 g/mol. The summed E-state index contributed by atoms with van der Waals surface area (Å²) >= 11 is 0. The predicted molar refractivity (Wildman–Crippen MR) is 84.4 cm³/mol. The maximum atomic E-state index is 10.0. The van der Waals surface area contributed by atoms with Crippen molar-refractivity contribution in [2.24, 2.45) is 0 Å². The fourth-order valence-corrected chi connectivity index (χ4v) is 2.40. The molecule has 0 saturated heterocycles. The summed E-state index contributed by atoms with van der Waals surface area (Å²) in [7, 11) is 0. The van der Waals surface area contributed by atoms with Gasteiger partial charge >= 0.3 is 0 Å². The molecule has 3 rings (SSSR count). The molecule has 0 aliphatic carbocycles. The zero-order valence-corrected chi connectivity index (χ0v) is 12.0. The second-order valence-electron chi connectivity index (χ2n) is 5.19. The van der Waals surface area contributed by atoms with E-state index in [0.29, 0.717) is 5.75 Å². The molecule has 1 aromatic heterocycles. The molecule has 0 bridgehead atoms. The van der Waals surface area contributed by atoms with E-state index in [-0.39, 0.29) is 6.04 Å². The number of benzene rings is 2. The summed E-state index contributed by atoms with van der Waals surface area (Å²) < 4.78 is 0. The van der Waals surface area contributed by atoms with Gasteiger partial charge in [-0.25, -0.2) is 0 Å². The van der Waals surface area contributed by atoms with E-state index in [4.69, 9.17) is 0 Å². The molecule has 0 aliphatic heterocycles. The average molecular weight is 279 g/mol. The molecule has 1 heterocycles. The normalized spacial score (nSPS) is 12.3. The van der Waals surface area contributed by atoms with Crippen LogP contribution in [0.2, 0.25) is 0 Å². The van der Waals surface area contributed by atoms with Crippen LogP contribution in [0.1, 0.15) is 24.1 Å². The molecule has 21 heavy (non-hydrogen) atoms. The molecule has 0 saturated carbocycles. The Hall–Kier alpha value is -2.62. The Kier molecular flexibility index (Phi) is 3.44. The third-order valence-electron chi connectivity index (χ3n) is 3.50. The molecular formula is C17H17N3O. The maximum Gasteiger partial charge on any atom is 0.121 e. The first-order valence-corrected chi connectivity index (χ1v) is 6.90. The summed E-state index contributed by atoms with van der Waals surface area (Å²) in [6.45, 7) is 3.98. The first kappa shape index (κ1) is 13.4. The van der Waals surface area contributed by atoms with Crippen LogP contribution in [0.15, 0.2) is 48.8 Å². The quantitative estimate of drug-likeness (QED) is 0.765. The van der Waals surface area contributed by atoms with Crippen molar-refractivity contribution < 1.29 is 5.11 Å². The molecule has 0 spiro atoms. The highest BCUT2D eigenvalue weighted by atomic mass is 16.3. The number of aromatic hydroxyl groups is 1. The Labute approximate surface area is 123 Å². The van der Waals surface area contributed by atoms with Crippen LogP contribution in [-0.4, -0.2) is 15.1 Å². The second-order valence-corrected chi connectivity index (χ2v) is 5.19. The fourth-order valence-electron chi connectivity index (χ4n) is 2.40. The van der Waals surface area contributed by atoms with Gasteiger partial charge in [0.05, 0.1) is 17.1 Å². The van der Waals surface area contributed by atoms with Crippen molar-refractivity contribution in [2.45, 2.75) is 19.9 Å². The number of hydrogen-bond donors (Lipinski definition) is 2. The van der Waals surface area contributed by atoms with Gasteiger partial charge in [0.25, 0.3) is 0 Å². The highest BCUT2D eigenvalue weighted by Crippen LogP contribution is 2.28. The Morgan fingerprint density at radius 2 is 1.76 bits per heavy atom. The van der Waals surface area contributed by atoms with Crippen LogP contribution < -0.4 is 5.32 Å². The summed E-state index contributed by atoms with van der Waals surface area (Å²) in [5.74, 6) is 0.315. The second kappa shape index (κ2) is 5.40. The molecule has 0 radical (unpaired) electrons. The minimum absolute atomic E-state index is 0.000258. The molecule has 1 unspecified atom stereocenters. The molecule has 106 valence electrons. The minimum atomic E-state index is -0.000258. The molecule has 3 aromatic rings. The van der Waals surface area contributed by atoms with Crippen molar-refractivity contribution in [3.8, 4) is 5.75 Å². The van der Waals surface area contributed by atoms with Gasteiger partial charge in [-0.15, -0.1) is 0 Å². The summed E-state index contributed by atoms with van der Waals surface area (Å²) in [5, 5.41) is 13.4. The van der Waals surface area contributed by atoms with Crippen LogP contribution >= 0.6 is 0 Å². The summed E-state index contributed by atoms with van der Waals surface area (Å²) in [6.07, 6.45) is 3.36. The fraction of sp³-hybridized carbons (Fsp3) is 0.176. The summed E-state index contributed by atoms with van der Waals surface area (Å²) in [5.41, 5.74) is 4.59. The van der Waals surface area contributed by atoms with E-state index < -0.39 is 0 Å². The van der Waals surface area contributed by atoms with E-state index in [1.807, 2.05) is 44.2 Å². The lowest BCUT2D eigenvalue weighted by Crippen LogP contribution is -2.07. The van der Waals surface area contributed by atoms with E-state index in [2.05, 4.69) is 15.3 Å². The molecular weight excluding hydrogens is 262 g/mol. The zero-order valence-electron chi connectivity index (χ0n) is 12.0. The standard InChI is InChI=1S/C17H17N3O/c1-11-3-5-14(17(21)9-11)12(2)20-13-4-6-15-16(10-13)19-8-7-18-15/h3-10,12,20-21H,1-2H3. The van der Waals surface area contributed by atoms with Gasteiger partial charge in [0, 0.05) is 23.6 Å². The number of rotatable bonds is 3. The third-order valence-corrected chi connectivity index (χ3v) is 3.50.